The van der Waals surface area contributed by atoms with E-state index in [1.165, 1.54) is 53.7 Å². The van der Waals surface area contributed by atoms with Crippen molar-refractivity contribution in [2.45, 2.75) is 0 Å². The molecule has 0 saturated carbocycles. The SMILES string of the molecule is N#Cc1ccc([Si](c2ccccc2)(c2ccccc2)c2cccc(-c3ccc(-n4c5ccccc5c5ccccc54)cc3)c2)cc1. The maximum absolute atomic E-state index is 9.59. The molecule has 46 heavy (non-hydrogen) atoms. The van der Waals surface area contributed by atoms with Crippen molar-refractivity contribution in [2.24, 2.45) is 0 Å². The second kappa shape index (κ2) is 11.5. The molecule has 0 fully saturated rings. The fourth-order valence-electron chi connectivity index (χ4n) is 7.11. The summed E-state index contributed by atoms with van der Waals surface area (Å²) in [4.78, 5) is 0. The maximum Gasteiger partial charge on any atom is 0.179 e. The molecular formula is C43H30N2Si. The first-order valence-electron chi connectivity index (χ1n) is 15.6. The molecule has 0 aliphatic rings. The summed E-state index contributed by atoms with van der Waals surface area (Å²) in [6.45, 7) is 0. The summed E-state index contributed by atoms with van der Waals surface area (Å²) < 4.78 is 2.36. The van der Waals surface area contributed by atoms with Gasteiger partial charge in [0, 0.05) is 16.5 Å². The molecule has 2 nitrogen and oxygen atoms in total. The minimum absolute atomic E-state index is 0.671. The average Bonchev–Trinajstić information content (AvgIpc) is 3.48. The van der Waals surface area contributed by atoms with Crippen LogP contribution in [0, 0.1) is 11.3 Å². The van der Waals surface area contributed by atoms with Crippen molar-refractivity contribution in [1.29, 1.82) is 5.26 Å². The van der Waals surface area contributed by atoms with Crippen LogP contribution in [0.1, 0.15) is 5.56 Å². The van der Waals surface area contributed by atoms with Crippen LogP contribution in [0.15, 0.2) is 182 Å². The average molecular weight is 603 g/mol. The fraction of sp³-hybridized carbons (Fsp3) is 0. The Labute approximate surface area is 270 Å². The predicted octanol–water partition coefficient (Wildman–Crippen LogP) is 7.70. The van der Waals surface area contributed by atoms with E-state index in [4.69, 9.17) is 0 Å². The molecule has 1 aromatic heterocycles. The summed E-state index contributed by atoms with van der Waals surface area (Å²) in [6, 6.07) is 67.7. The minimum Gasteiger partial charge on any atom is -0.309 e. The normalized spacial score (nSPS) is 11.5. The van der Waals surface area contributed by atoms with Crippen LogP contribution in [0.5, 0.6) is 0 Å². The Hall–Kier alpha value is -5.95. The zero-order valence-electron chi connectivity index (χ0n) is 25.2. The van der Waals surface area contributed by atoms with Gasteiger partial charge in [-0.25, -0.2) is 0 Å². The van der Waals surface area contributed by atoms with Crippen LogP contribution in [-0.4, -0.2) is 12.6 Å². The van der Waals surface area contributed by atoms with Crippen LogP contribution in [0.25, 0.3) is 38.6 Å². The first-order valence-corrected chi connectivity index (χ1v) is 17.6. The zero-order chi connectivity index (χ0) is 30.9. The molecule has 0 amide bonds. The number of para-hydroxylation sites is 2. The summed E-state index contributed by atoms with van der Waals surface area (Å²) in [5.41, 5.74) is 6.60. The van der Waals surface area contributed by atoms with Gasteiger partial charge in [0.2, 0.25) is 0 Å². The van der Waals surface area contributed by atoms with Gasteiger partial charge in [-0.2, -0.15) is 5.26 Å². The lowest BCUT2D eigenvalue weighted by Crippen LogP contribution is -2.74. The molecule has 7 aromatic carbocycles. The van der Waals surface area contributed by atoms with Crippen molar-refractivity contribution in [3.63, 3.8) is 0 Å². The molecule has 3 heteroatoms. The molecule has 0 N–H and O–H groups in total. The van der Waals surface area contributed by atoms with Crippen molar-refractivity contribution in [3.8, 4) is 22.9 Å². The molecule has 216 valence electrons. The van der Waals surface area contributed by atoms with Gasteiger partial charge in [-0.1, -0.05) is 146 Å². The van der Waals surface area contributed by atoms with Gasteiger partial charge >= 0.3 is 0 Å². The van der Waals surface area contributed by atoms with E-state index in [2.05, 4.69) is 180 Å². The van der Waals surface area contributed by atoms with Gasteiger partial charge in [0.25, 0.3) is 0 Å². The summed E-state index contributed by atoms with van der Waals surface area (Å²) >= 11 is 0. The Morgan fingerprint density at radius 3 is 1.48 bits per heavy atom. The second-order valence-electron chi connectivity index (χ2n) is 11.7. The van der Waals surface area contributed by atoms with Gasteiger partial charge in [0.05, 0.1) is 22.7 Å². The van der Waals surface area contributed by atoms with E-state index in [1.807, 2.05) is 12.1 Å². The zero-order valence-corrected chi connectivity index (χ0v) is 26.2. The third-order valence-corrected chi connectivity index (χ3v) is 14.0. The van der Waals surface area contributed by atoms with Crippen LogP contribution < -0.4 is 20.7 Å². The van der Waals surface area contributed by atoms with Crippen LogP contribution in [-0.2, 0) is 0 Å². The van der Waals surface area contributed by atoms with Gasteiger partial charge in [0.15, 0.2) is 8.07 Å². The molecule has 0 aliphatic heterocycles. The third-order valence-electron chi connectivity index (χ3n) is 9.20. The number of rotatable bonds is 6. The van der Waals surface area contributed by atoms with Crippen LogP contribution in [0.2, 0.25) is 0 Å². The van der Waals surface area contributed by atoms with E-state index in [1.54, 1.807) is 0 Å². The molecule has 0 atom stereocenters. The highest BCUT2D eigenvalue weighted by Gasteiger charge is 2.41. The van der Waals surface area contributed by atoms with Gasteiger partial charge in [-0.05, 0) is 68.3 Å². The van der Waals surface area contributed by atoms with Crippen LogP contribution in [0.3, 0.4) is 0 Å². The molecule has 0 radical (unpaired) electrons. The molecule has 8 rings (SSSR count). The highest BCUT2D eigenvalue weighted by molar-refractivity contribution is 7.19. The smallest absolute Gasteiger partial charge is 0.179 e. The van der Waals surface area contributed by atoms with Gasteiger partial charge in [-0.3, -0.25) is 0 Å². The number of nitriles is 1. The molecular weight excluding hydrogens is 573 g/mol. The number of fused-ring (bicyclic) bond motifs is 3. The third kappa shape index (κ3) is 4.47. The van der Waals surface area contributed by atoms with Gasteiger partial charge < -0.3 is 4.57 Å². The lowest BCUT2D eigenvalue weighted by atomic mass is 10.1. The van der Waals surface area contributed by atoms with Crippen molar-refractivity contribution in [1.82, 2.24) is 4.57 Å². The second-order valence-corrected chi connectivity index (χ2v) is 15.5. The Bertz CT molecular complexity index is 2260. The van der Waals surface area contributed by atoms with Crippen molar-refractivity contribution in [3.05, 3.63) is 188 Å². The van der Waals surface area contributed by atoms with Crippen LogP contribution in [0.4, 0.5) is 0 Å². The Balaban J connectivity index is 1.29. The Morgan fingerprint density at radius 2 is 0.913 bits per heavy atom. The first-order chi connectivity index (χ1) is 22.8. The minimum atomic E-state index is -2.73. The number of aromatic nitrogens is 1. The van der Waals surface area contributed by atoms with Crippen molar-refractivity contribution in [2.75, 3.05) is 0 Å². The maximum atomic E-state index is 9.59. The fourth-order valence-corrected chi connectivity index (χ4v) is 11.9. The molecule has 0 spiro atoms. The molecule has 0 aliphatic carbocycles. The van der Waals surface area contributed by atoms with E-state index in [0.717, 1.165) is 5.69 Å². The lowest BCUT2D eigenvalue weighted by molar-refractivity contribution is 1.18. The van der Waals surface area contributed by atoms with Gasteiger partial charge in [-0.15, -0.1) is 0 Å². The Kier molecular flexibility index (Phi) is 6.91. The van der Waals surface area contributed by atoms with Crippen LogP contribution >= 0.6 is 0 Å². The van der Waals surface area contributed by atoms with E-state index in [9.17, 15) is 5.26 Å². The monoisotopic (exact) mass is 602 g/mol. The number of hydrogen-bond acceptors (Lipinski definition) is 1. The summed E-state index contributed by atoms with van der Waals surface area (Å²) in [5.74, 6) is 0. The van der Waals surface area contributed by atoms with E-state index >= 15 is 0 Å². The number of benzene rings is 7. The highest BCUT2D eigenvalue weighted by Crippen LogP contribution is 2.32. The summed E-state index contributed by atoms with van der Waals surface area (Å²) in [5, 5.41) is 17.3. The van der Waals surface area contributed by atoms with E-state index < -0.39 is 8.07 Å². The topological polar surface area (TPSA) is 28.7 Å². The number of nitrogens with zero attached hydrogens (tertiary/aromatic N) is 2. The molecule has 0 bridgehead atoms. The largest absolute Gasteiger partial charge is 0.309 e. The Morgan fingerprint density at radius 1 is 0.413 bits per heavy atom. The molecule has 0 unspecified atom stereocenters. The standard InChI is InChI=1S/C43H30N2Si/c44-31-32-22-28-38(29-23-32)46(36-13-3-1-4-14-36,37-15-5-2-6-16-37)39-17-11-12-34(30-39)33-24-26-35(27-25-33)45-42-20-9-7-18-40(42)41-19-8-10-21-43(41)45/h1-30H. The summed E-state index contributed by atoms with van der Waals surface area (Å²) in [6.07, 6.45) is 0. The highest BCUT2D eigenvalue weighted by atomic mass is 28.3. The predicted molar refractivity (Wildman–Crippen MR) is 195 cm³/mol. The number of hydrogen-bond donors (Lipinski definition) is 0. The molecule has 1 heterocycles. The van der Waals surface area contributed by atoms with Gasteiger partial charge in [0.1, 0.15) is 0 Å². The quantitative estimate of drug-likeness (QED) is 0.142. The molecule has 8 aromatic rings. The first kappa shape index (κ1) is 27.6. The molecule has 0 saturated heterocycles. The van der Waals surface area contributed by atoms with Crippen molar-refractivity contribution < 1.29 is 0 Å². The van der Waals surface area contributed by atoms with E-state index in [-0.39, 0.29) is 0 Å². The van der Waals surface area contributed by atoms with Crippen molar-refractivity contribution >= 4 is 50.6 Å². The lowest BCUT2D eigenvalue weighted by Gasteiger charge is -2.34. The van der Waals surface area contributed by atoms with E-state index in [0.29, 0.717) is 5.56 Å². The summed E-state index contributed by atoms with van der Waals surface area (Å²) in [7, 11) is -2.73.